The summed E-state index contributed by atoms with van der Waals surface area (Å²) in [6.45, 7) is 4.81. The van der Waals surface area contributed by atoms with Crippen LogP contribution in [0.15, 0.2) is 17.0 Å². The lowest BCUT2D eigenvalue weighted by Crippen LogP contribution is -2.27. The van der Waals surface area contributed by atoms with Crippen LogP contribution < -0.4 is 0 Å². The summed E-state index contributed by atoms with van der Waals surface area (Å²) in [7, 11) is 0. The van der Waals surface area contributed by atoms with Crippen LogP contribution >= 0.6 is 0 Å². The minimum atomic E-state index is 0.0624. The van der Waals surface area contributed by atoms with Crippen LogP contribution in [0, 0.1) is 13.8 Å². The average molecular weight is 258 g/mol. The van der Waals surface area contributed by atoms with Gasteiger partial charge in [0.05, 0.1) is 24.4 Å². The lowest BCUT2D eigenvalue weighted by Gasteiger charge is -2.14. The third-order valence-corrected chi connectivity index (χ3v) is 3.45. The van der Waals surface area contributed by atoms with Crippen molar-refractivity contribution in [3.63, 3.8) is 0 Å². The van der Waals surface area contributed by atoms with Gasteiger partial charge in [0, 0.05) is 23.9 Å². The molecule has 0 aliphatic carbocycles. The van der Waals surface area contributed by atoms with E-state index >= 15 is 0 Å². The first-order chi connectivity index (χ1) is 9.15. The van der Waals surface area contributed by atoms with E-state index in [1.807, 2.05) is 13.8 Å². The number of rotatable bonds is 2. The smallest absolute Gasteiger partial charge is 0.227 e. The Morgan fingerprint density at radius 2 is 2.26 bits per heavy atom. The summed E-state index contributed by atoms with van der Waals surface area (Å²) >= 11 is 0. The Morgan fingerprint density at radius 1 is 1.42 bits per heavy atom. The number of carbonyl (C=O) groups is 1. The Morgan fingerprint density at radius 3 is 2.95 bits per heavy atom. The lowest BCUT2D eigenvalue weighted by molar-refractivity contribution is -0.131. The highest BCUT2D eigenvalue weighted by Crippen LogP contribution is 2.21. The predicted molar refractivity (Wildman–Crippen MR) is 66.0 cm³/mol. The number of nitrogens with zero attached hydrogens (tertiary/aromatic N) is 4. The van der Waals surface area contributed by atoms with Crippen molar-refractivity contribution in [3.8, 4) is 0 Å². The zero-order chi connectivity index (χ0) is 13.4. The number of fused-ring (bicyclic) bond motifs is 1. The molecule has 1 aliphatic heterocycles. The standard InChI is InChI=1S/C13H14N4O2/c1-8-11(9(2)19-16-8)3-13(18)17-5-10-4-14-7-15-12(10)6-17/h4,7H,3,5-6H2,1-2H3. The van der Waals surface area contributed by atoms with Gasteiger partial charge in [0.2, 0.25) is 5.91 Å². The molecule has 1 amide bonds. The van der Waals surface area contributed by atoms with Crippen molar-refractivity contribution >= 4 is 5.91 Å². The molecule has 0 saturated carbocycles. The molecule has 19 heavy (non-hydrogen) atoms. The van der Waals surface area contributed by atoms with Gasteiger partial charge >= 0.3 is 0 Å². The average Bonchev–Trinajstić information content (AvgIpc) is 2.97. The van der Waals surface area contributed by atoms with Crippen molar-refractivity contribution in [2.45, 2.75) is 33.4 Å². The molecule has 2 aromatic heterocycles. The molecular formula is C13H14N4O2. The zero-order valence-electron chi connectivity index (χ0n) is 10.9. The van der Waals surface area contributed by atoms with E-state index in [9.17, 15) is 4.79 Å². The SMILES string of the molecule is Cc1noc(C)c1CC(=O)N1Cc2cncnc2C1. The van der Waals surface area contributed by atoms with Gasteiger partial charge in [0.15, 0.2) is 0 Å². The second-order valence-corrected chi connectivity index (χ2v) is 4.72. The summed E-state index contributed by atoms with van der Waals surface area (Å²) in [5.41, 5.74) is 3.62. The predicted octanol–water partition coefficient (Wildman–Crippen LogP) is 1.17. The van der Waals surface area contributed by atoms with Crippen LogP contribution in [0.4, 0.5) is 0 Å². The van der Waals surface area contributed by atoms with Crippen LogP contribution in [-0.2, 0) is 24.3 Å². The Balaban J connectivity index is 1.74. The third kappa shape index (κ3) is 2.09. The van der Waals surface area contributed by atoms with Crippen LogP contribution in [0.2, 0.25) is 0 Å². The second-order valence-electron chi connectivity index (χ2n) is 4.72. The molecule has 0 fully saturated rings. The summed E-state index contributed by atoms with van der Waals surface area (Å²) in [6.07, 6.45) is 3.61. The van der Waals surface area contributed by atoms with Crippen molar-refractivity contribution in [2.75, 3.05) is 0 Å². The molecule has 1 aliphatic rings. The van der Waals surface area contributed by atoms with E-state index in [4.69, 9.17) is 4.52 Å². The van der Waals surface area contributed by atoms with Gasteiger partial charge in [-0.05, 0) is 13.8 Å². The van der Waals surface area contributed by atoms with E-state index in [1.165, 1.54) is 6.33 Å². The van der Waals surface area contributed by atoms with Crippen LogP contribution in [0.5, 0.6) is 0 Å². The van der Waals surface area contributed by atoms with Crippen molar-refractivity contribution < 1.29 is 9.32 Å². The van der Waals surface area contributed by atoms with Gasteiger partial charge < -0.3 is 9.42 Å². The minimum Gasteiger partial charge on any atom is -0.361 e. The summed E-state index contributed by atoms with van der Waals surface area (Å²) in [5, 5.41) is 3.87. The molecule has 0 unspecified atom stereocenters. The fourth-order valence-corrected chi connectivity index (χ4v) is 2.29. The number of hydrogen-bond donors (Lipinski definition) is 0. The van der Waals surface area contributed by atoms with E-state index in [0.717, 1.165) is 22.5 Å². The molecule has 0 spiro atoms. The van der Waals surface area contributed by atoms with Crippen LogP contribution in [0.3, 0.4) is 0 Å². The van der Waals surface area contributed by atoms with E-state index in [-0.39, 0.29) is 5.91 Å². The van der Waals surface area contributed by atoms with E-state index in [0.29, 0.717) is 25.3 Å². The number of amides is 1. The van der Waals surface area contributed by atoms with Crippen molar-refractivity contribution in [1.29, 1.82) is 0 Å². The molecule has 6 heteroatoms. The maximum absolute atomic E-state index is 12.3. The van der Waals surface area contributed by atoms with Gasteiger partial charge in [-0.2, -0.15) is 0 Å². The fraction of sp³-hybridized carbons (Fsp3) is 0.385. The largest absolute Gasteiger partial charge is 0.361 e. The summed E-state index contributed by atoms with van der Waals surface area (Å²) in [5.74, 6) is 0.773. The highest BCUT2D eigenvalue weighted by Gasteiger charge is 2.25. The van der Waals surface area contributed by atoms with E-state index in [1.54, 1.807) is 11.1 Å². The molecule has 98 valence electrons. The van der Waals surface area contributed by atoms with Gasteiger partial charge in [-0.15, -0.1) is 0 Å². The molecule has 2 aromatic rings. The summed E-state index contributed by atoms with van der Waals surface area (Å²) in [4.78, 5) is 22.2. The molecule has 0 saturated heterocycles. The number of carbonyl (C=O) groups excluding carboxylic acids is 1. The third-order valence-electron chi connectivity index (χ3n) is 3.45. The molecule has 0 bridgehead atoms. The molecule has 3 heterocycles. The normalized spacial score (nSPS) is 13.7. The van der Waals surface area contributed by atoms with Gasteiger partial charge in [-0.25, -0.2) is 9.97 Å². The fourth-order valence-electron chi connectivity index (χ4n) is 2.29. The molecule has 6 nitrogen and oxygen atoms in total. The van der Waals surface area contributed by atoms with Crippen molar-refractivity contribution in [3.05, 3.63) is 40.8 Å². The van der Waals surface area contributed by atoms with Gasteiger partial charge in [-0.3, -0.25) is 4.79 Å². The number of aryl methyl sites for hydroxylation is 2. The minimum absolute atomic E-state index is 0.0624. The first-order valence-corrected chi connectivity index (χ1v) is 6.12. The summed E-state index contributed by atoms with van der Waals surface area (Å²) in [6, 6.07) is 0. The molecule has 0 aromatic carbocycles. The maximum atomic E-state index is 12.3. The van der Waals surface area contributed by atoms with Crippen molar-refractivity contribution in [2.24, 2.45) is 0 Å². The summed E-state index contributed by atoms with van der Waals surface area (Å²) < 4.78 is 5.08. The molecule has 0 radical (unpaired) electrons. The highest BCUT2D eigenvalue weighted by atomic mass is 16.5. The van der Waals surface area contributed by atoms with E-state index < -0.39 is 0 Å². The Bertz CT molecular complexity index is 591. The van der Waals surface area contributed by atoms with E-state index in [2.05, 4.69) is 15.1 Å². The molecule has 0 atom stereocenters. The number of aromatic nitrogens is 3. The zero-order valence-corrected chi connectivity index (χ0v) is 10.9. The highest BCUT2D eigenvalue weighted by molar-refractivity contribution is 5.79. The molecule has 3 rings (SSSR count). The van der Waals surface area contributed by atoms with Crippen molar-refractivity contribution in [1.82, 2.24) is 20.0 Å². The van der Waals surface area contributed by atoms with Gasteiger partial charge in [-0.1, -0.05) is 5.16 Å². The van der Waals surface area contributed by atoms with Gasteiger partial charge in [0.1, 0.15) is 12.1 Å². The van der Waals surface area contributed by atoms with Crippen LogP contribution in [-0.4, -0.2) is 25.9 Å². The van der Waals surface area contributed by atoms with Crippen LogP contribution in [0.25, 0.3) is 0 Å². The monoisotopic (exact) mass is 258 g/mol. The maximum Gasteiger partial charge on any atom is 0.227 e. The molecular weight excluding hydrogens is 244 g/mol. The molecule has 0 N–H and O–H groups in total. The Kier molecular flexibility index (Phi) is 2.77. The number of hydrogen-bond acceptors (Lipinski definition) is 5. The Labute approximate surface area is 110 Å². The Hall–Kier alpha value is -2.24. The first kappa shape index (κ1) is 11.8. The topological polar surface area (TPSA) is 72.1 Å². The lowest BCUT2D eigenvalue weighted by atomic mass is 10.1. The quantitative estimate of drug-likeness (QED) is 0.808. The first-order valence-electron chi connectivity index (χ1n) is 6.12. The van der Waals surface area contributed by atoms with Crippen LogP contribution in [0.1, 0.15) is 28.3 Å². The second kappa shape index (κ2) is 4.46. The van der Waals surface area contributed by atoms with Gasteiger partial charge in [0.25, 0.3) is 0 Å².